The minimum atomic E-state index is 0.0583. The van der Waals surface area contributed by atoms with E-state index in [1.165, 1.54) is 5.56 Å². The van der Waals surface area contributed by atoms with Gasteiger partial charge in [-0.15, -0.1) is 11.3 Å². The van der Waals surface area contributed by atoms with Crippen LogP contribution in [0.15, 0.2) is 29.6 Å². The first-order valence-electron chi connectivity index (χ1n) is 8.28. The number of likely N-dealkylation sites (N-methyl/N-ethyl adjacent to an activating group) is 1. The van der Waals surface area contributed by atoms with Gasteiger partial charge in [-0.05, 0) is 24.2 Å². The van der Waals surface area contributed by atoms with Crippen molar-refractivity contribution in [1.29, 1.82) is 0 Å². The molecule has 0 bridgehead atoms. The summed E-state index contributed by atoms with van der Waals surface area (Å²) < 4.78 is 5.17. The van der Waals surface area contributed by atoms with Crippen molar-refractivity contribution in [3.05, 3.63) is 45.9 Å². The van der Waals surface area contributed by atoms with Gasteiger partial charge in [0.05, 0.1) is 12.1 Å². The molecule has 128 valence electrons. The summed E-state index contributed by atoms with van der Waals surface area (Å²) in [6.45, 7) is 6.68. The van der Waals surface area contributed by atoms with E-state index in [9.17, 15) is 4.79 Å². The fourth-order valence-corrected chi connectivity index (χ4v) is 3.64. The molecule has 0 aliphatic carbocycles. The van der Waals surface area contributed by atoms with Gasteiger partial charge in [0.2, 0.25) is 0 Å². The molecule has 1 aliphatic rings. The average Bonchev–Trinajstić information content (AvgIpc) is 3.10. The van der Waals surface area contributed by atoms with Gasteiger partial charge in [0.15, 0.2) is 0 Å². The van der Waals surface area contributed by atoms with Crippen molar-refractivity contribution < 1.29 is 9.53 Å². The van der Waals surface area contributed by atoms with Crippen molar-refractivity contribution in [3.63, 3.8) is 0 Å². The molecule has 3 rings (SSSR count). The third-order valence-corrected chi connectivity index (χ3v) is 5.24. The van der Waals surface area contributed by atoms with E-state index in [4.69, 9.17) is 4.74 Å². The number of carbonyl (C=O) groups excluding carboxylic acids is 1. The van der Waals surface area contributed by atoms with Crippen LogP contribution >= 0.6 is 11.3 Å². The molecular weight excluding hydrogens is 322 g/mol. The Morgan fingerprint density at radius 3 is 2.54 bits per heavy atom. The Bertz CT molecular complexity index is 676. The van der Waals surface area contributed by atoms with Crippen LogP contribution in [0.2, 0.25) is 0 Å². The first-order valence-corrected chi connectivity index (χ1v) is 9.16. The van der Waals surface area contributed by atoms with Gasteiger partial charge in [0, 0.05) is 38.0 Å². The van der Waals surface area contributed by atoms with Crippen LogP contribution in [0.1, 0.15) is 28.0 Å². The Labute approximate surface area is 146 Å². The summed E-state index contributed by atoms with van der Waals surface area (Å²) in [6.07, 6.45) is 0.742. The number of ether oxygens (including phenoxy) is 1. The van der Waals surface area contributed by atoms with Crippen LogP contribution in [0.25, 0.3) is 0 Å². The molecule has 2 aromatic rings. The van der Waals surface area contributed by atoms with Crippen LogP contribution in [-0.2, 0) is 6.42 Å². The molecule has 0 atom stereocenters. The van der Waals surface area contributed by atoms with Gasteiger partial charge < -0.3 is 14.5 Å². The maximum Gasteiger partial charge on any atom is 0.273 e. The van der Waals surface area contributed by atoms with E-state index in [1.54, 1.807) is 18.4 Å². The number of amides is 1. The molecule has 6 heteroatoms. The SMILES string of the molecule is CCN1CCN(C(=O)c2csc(Cc3ccc(OC)cc3)n2)CC1. The van der Waals surface area contributed by atoms with Gasteiger partial charge in [-0.25, -0.2) is 4.98 Å². The van der Waals surface area contributed by atoms with Crippen LogP contribution < -0.4 is 4.74 Å². The Balaban J connectivity index is 1.61. The summed E-state index contributed by atoms with van der Waals surface area (Å²) in [6, 6.07) is 7.96. The van der Waals surface area contributed by atoms with Crippen molar-refractivity contribution >= 4 is 17.2 Å². The first kappa shape index (κ1) is 16.9. The third-order valence-electron chi connectivity index (χ3n) is 4.39. The molecule has 1 aliphatic heterocycles. The molecule has 2 heterocycles. The van der Waals surface area contributed by atoms with Crippen molar-refractivity contribution in [2.24, 2.45) is 0 Å². The van der Waals surface area contributed by atoms with Crippen molar-refractivity contribution in [2.45, 2.75) is 13.3 Å². The summed E-state index contributed by atoms with van der Waals surface area (Å²) in [7, 11) is 1.66. The zero-order valence-electron chi connectivity index (χ0n) is 14.2. The lowest BCUT2D eigenvalue weighted by Crippen LogP contribution is -2.48. The monoisotopic (exact) mass is 345 g/mol. The molecule has 1 aromatic heterocycles. The first-order chi connectivity index (χ1) is 11.7. The van der Waals surface area contributed by atoms with Crippen molar-refractivity contribution in [2.75, 3.05) is 39.8 Å². The summed E-state index contributed by atoms with van der Waals surface area (Å²) >= 11 is 1.55. The lowest BCUT2D eigenvalue weighted by molar-refractivity contribution is 0.0638. The molecule has 1 aromatic carbocycles. The van der Waals surface area contributed by atoms with Gasteiger partial charge in [0.1, 0.15) is 11.4 Å². The minimum absolute atomic E-state index is 0.0583. The second kappa shape index (κ2) is 7.77. The molecule has 1 saturated heterocycles. The summed E-state index contributed by atoms with van der Waals surface area (Å²) in [5.41, 5.74) is 1.74. The number of rotatable bonds is 5. The molecule has 1 fully saturated rings. The second-order valence-corrected chi connectivity index (χ2v) is 6.82. The molecule has 0 saturated carbocycles. The zero-order chi connectivity index (χ0) is 16.9. The third kappa shape index (κ3) is 3.94. The summed E-state index contributed by atoms with van der Waals surface area (Å²) in [4.78, 5) is 21.4. The number of methoxy groups -OCH3 is 1. The molecule has 0 unspecified atom stereocenters. The zero-order valence-corrected chi connectivity index (χ0v) is 15.0. The quantitative estimate of drug-likeness (QED) is 0.835. The van der Waals surface area contributed by atoms with E-state index in [-0.39, 0.29) is 5.91 Å². The number of aromatic nitrogens is 1. The second-order valence-electron chi connectivity index (χ2n) is 5.88. The Kier molecular flexibility index (Phi) is 5.48. The highest BCUT2D eigenvalue weighted by molar-refractivity contribution is 7.09. The maximum atomic E-state index is 12.6. The highest BCUT2D eigenvalue weighted by Gasteiger charge is 2.23. The number of hydrogen-bond acceptors (Lipinski definition) is 5. The topological polar surface area (TPSA) is 45.7 Å². The van der Waals surface area contributed by atoms with E-state index >= 15 is 0 Å². The van der Waals surface area contributed by atoms with E-state index in [2.05, 4.69) is 16.8 Å². The van der Waals surface area contributed by atoms with Gasteiger partial charge in [-0.2, -0.15) is 0 Å². The highest BCUT2D eigenvalue weighted by Crippen LogP contribution is 2.19. The lowest BCUT2D eigenvalue weighted by atomic mass is 10.1. The fourth-order valence-electron chi connectivity index (χ4n) is 2.84. The number of carbonyl (C=O) groups is 1. The van der Waals surface area contributed by atoms with Crippen LogP contribution in [-0.4, -0.2) is 60.5 Å². The standard InChI is InChI=1S/C18H23N3O2S/c1-3-20-8-10-21(11-9-20)18(22)16-13-24-17(19-16)12-14-4-6-15(23-2)7-5-14/h4-7,13H,3,8-12H2,1-2H3. The number of benzene rings is 1. The minimum Gasteiger partial charge on any atom is -0.497 e. The number of hydrogen-bond donors (Lipinski definition) is 0. The molecule has 5 nitrogen and oxygen atoms in total. The molecule has 0 N–H and O–H groups in total. The smallest absolute Gasteiger partial charge is 0.273 e. The van der Waals surface area contributed by atoms with Crippen LogP contribution in [0, 0.1) is 0 Å². The maximum absolute atomic E-state index is 12.6. The van der Waals surface area contributed by atoms with Crippen LogP contribution in [0.4, 0.5) is 0 Å². The van der Waals surface area contributed by atoms with Crippen LogP contribution in [0.5, 0.6) is 5.75 Å². The van der Waals surface area contributed by atoms with Gasteiger partial charge in [-0.3, -0.25) is 4.79 Å². The molecule has 24 heavy (non-hydrogen) atoms. The molecular formula is C18H23N3O2S. The fraction of sp³-hybridized carbons (Fsp3) is 0.444. The molecule has 0 radical (unpaired) electrons. The van der Waals surface area contributed by atoms with E-state index in [1.807, 2.05) is 34.5 Å². The van der Waals surface area contributed by atoms with Crippen molar-refractivity contribution in [1.82, 2.24) is 14.8 Å². The number of nitrogens with zero attached hydrogens (tertiary/aromatic N) is 3. The van der Waals surface area contributed by atoms with Crippen LogP contribution in [0.3, 0.4) is 0 Å². The average molecular weight is 345 g/mol. The van der Waals surface area contributed by atoms with Gasteiger partial charge >= 0.3 is 0 Å². The molecule has 0 spiro atoms. The Hall–Kier alpha value is -1.92. The predicted octanol–water partition coefficient (Wildman–Crippen LogP) is 2.52. The largest absolute Gasteiger partial charge is 0.497 e. The molecule has 1 amide bonds. The van der Waals surface area contributed by atoms with E-state index in [0.717, 1.165) is 49.9 Å². The highest BCUT2D eigenvalue weighted by atomic mass is 32.1. The normalized spacial score (nSPS) is 15.5. The Morgan fingerprint density at radius 2 is 1.92 bits per heavy atom. The number of thiazole rings is 1. The van der Waals surface area contributed by atoms with Crippen molar-refractivity contribution in [3.8, 4) is 5.75 Å². The van der Waals surface area contributed by atoms with E-state index < -0.39 is 0 Å². The van der Waals surface area contributed by atoms with E-state index in [0.29, 0.717) is 5.69 Å². The summed E-state index contributed by atoms with van der Waals surface area (Å²) in [5, 5.41) is 2.85. The predicted molar refractivity (Wildman–Crippen MR) is 95.9 cm³/mol. The number of piperazine rings is 1. The Morgan fingerprint density at radius 1 is 1.21 bits per heavy atom. The summed E-state index contributed by atoms with van der Waals surface area (Å²) in [5.74, 6) is 0.906. The van der Waals surface area contributed by atoms with Gasteiger partial charge in [-0.1, -0.05) is 19.1 Å². The van der Waals surface area contributed by atoms with Gasteiger partial charge in [0.25, 0.3) is 5.91 Å². The lowest BCUT2D eigenvalue weighted by Gasteiger charge is -2.33.